The SMILES string of the molecule is NC(=O)NC(=O)CCN1CCCC[C@@H]1Cc1ccccc1. The minimum Gasteiger partial charge on any atom is -0.351 e. The maximum Gasteiger partial charge on any atom is 0.318 e. The smallest absolute Gasteiger partial charge is 0.318 e. The molecule has 1 atom stereocenters. The van der Waals surface area contributed by atoms with E-state index in [1.54, 1.807) is 0 Å². The van der Waals surface area contributed by atoms with Crippen LogP contribution in [0.3, 0.4) is 0 Å². The number of nitrogens with two attached hydrogens (primary N) is 1. The Bertz CT molecular complexity index is 476. The van der Waals surface area contributed by atoms with Crippen LogP contribution in [0.5, 0.6) is 0 Å². The third-order valence-electron chi connectivity index (χ3n) is 3.95. The number of piperidine rings is 1. The molecule has 3 N–H and O–H groups in total. The average Bonchev–Trinajstić information content (AvgIpc) is 2.47. The fraction of sp³-hybridized carbons (Fsp3) is 0.500. The first-order chi connectivity index (χ1) is 10.1. The van der Waals surface area contributed by atoms with Crippen LogP contribution in [-0.2, 0) is 11.2 Å². The van der Waals surface area contributed by atoms with Crippen LogP contribution in [0.15, 0.2) is 30.3 Å². The number of likely N-dealkylation sites (tertiary alicyclic amines) is 1. The van der Waals surface area contributed by atoms with Gasteiger partial charge in [-0.3, -0.25) is 15.0 Å². The molecule has 0 bridgehead atoms. The van der Waals surface area contributed by atoms with Crippen LogP contribution in [0.4, 0.5) is 4.79 Å². The van der Waals surface area contributed by atoms with Crippen molar-refractivity contribution in [3.05, 3.63) is 35.9 Å². The van der Waals surface area contributed by atoms with E-state index in [0.29, 0.717) is 19.0 Å². The fourth-order valence-corrected chi connectivity index (χ4v) is 2.92. The van der Waals surface area contributed by atoms with Gasteiger partial charge in [0.05, 0.1) is 0 Å². The quantitative estimate of drug-likeness (QED) is 0.865. The molecule has 3 amide bonds. The second kappa shape index (κ2) is 7.78. The van der Waals surface area contributed by atoms with Gasteiger partial charge < -0.3 is 5.73 Å². The van der Waals surface area contributed by atoms with E-state index in [4.69, 9.17) is 5.73 Å². The summed E-state index contributed by atoms with van der Waals surface area (Å²) in [6.45, 7) is 1.69. The number of imide groups is 1. The van der Waals surface area contributed by atoms with Crippen molar-refractivity contribution in [3.63, 3.8) is 0 Å². The zero-order valence-electron chi connectivity index (χ0n) is 12.3. The molecule has 1 fully saturated rings. The van der Waals surface area contributed by atoms with Crippen LogP contribution in [0.25, 0.3) is 0 Å². The number of urea groups is 1. The summed E-state index contributed by atoms with van der Waals surface area (Å²) in [6.07, 6.45) is 4.89. The number of hydrogen-bond donors (Lipinski definition) is 2. The van der Waals surface area contributed by atoms with E-state index in [2.05, 4.69) is 34.5 Å². The first kappa shape index (κ1) is 15.5. The predicted octanol–water partition coefficient (Wildman–Crippen LogP) is 1.67. The van der Waals surface area contributed by atoms with Gasteiger partial charge in [0.25, 0.3) is 0 Å². The van der Waals surface area contributed by atoms with Crippen molar-refractivity contribution >= 4 is 11.9 Å². The standard InChI is InChI=1S/C16H23N3O2/c17-16(21)18-15(20)9-11-19-10-5-4-8-14(19)12-13-6-2-1-3-7-13/h1-3,6-7,14H,4-5,8-12H2,(H3,17,18,20,21)/t14-/m1/s1. The number of rotatable bonds is 5. The molecule has 21 heavy (non-hydrogen) atoms. The Labute approximate surface area is 125 Å². The monoisotopic (exact) mass is 289 g/mol. The van der Waals surface area contributed by atoms with Gasteiger partial charge in [-0.2, -0.15) is 0 Å². The molecule has 0 aliphatic carbocycles. The van der Waals surface area contributed by atoms with Crippen molar-refractivity contribution in [2.24, 2.45) is 5.73 Å². The lowest BCUT2D eigenvalue weighted by Crippen LogP contribution is -2.43. The normalized spacial score (nSPS) is 19.1. The van der Waals surface area contributed by atoms with Crippen molar-refractivity contribution in [3.8, 4) is 0 Å². The lowest BCUT2D eigenvalue weighted by atomic mass is 9.95. The third-order valence-corrected chi connectivity index (χ3v) is 3.95. The Morgan fingerprint density at radius 3 is 2.71 bits per heavy atom. The Balaban J connectivity index is 1.87. The van der Waals surface area contributed by atoms with Crippen molar-refractivity contribution < 1.29 is 9.59 Å². The maximum absolute atomic E-state index is 11.5. The van der Waals surface area contributed by atoms with Crippen molar-refractivity contribution in [1.29, 1.82) is 0 Å². The highest BCUT2D eigenvalue weighted by Crippen LogP contribution is 2.20. The Morgan fingerprint density at radius 2 is 2.00 bits per heavy atom. The highest BCUT2D eigenvalue weighted by molar-refractivity contribution is 5.93. The van der Waals surface area contributed by atoms with E-state index in [1.807, 2.05) is 6.07 Å². The summed E-state index contributed by atoms with van der Waals surface area (Å²) in [6, 6.07) is 10.1. The Hall–Kier alpha value is -1.88. The molecule has 0 radical (unpaired) electrons. The maximum atomic E-state index is 11.5. The van der Waals surface area contributed by atoms with Crippen molar-refractivity contribution in [2.45, 2.75) is 38.1 Å². The van der Waals surface area contributed by atoms with Gasteiger partial charge in [-0.25, -0.2) is 4.79 Å². The van der Waals surface area contributed by atoms with Crippen molar-refractivity contribution in [2.75, 3.05) is 13.1 Å². The van der Waals surface area contributed by atoms with Crippen LogP contribution in [0.1, 0.15) is 31.2 Å². The van der Waals surface area contributed by atoms with Crippen LogP contribution < -0.4 is 11.1 Å². The molecule has 0 spiro atoms. The number of hydrogen-bond acceptors (Lipinski definition) is 3. The molecular formula is C16H23N3O2. The zero-order chi connectivity index (χ0) is 15.1. The molecule has 5 nitrogen and oxygen atoms in total. The van der Waals surface area contributed by atoms with Crippen LogP contribution in [-0.4, -0.2) is 36.0 Å². The predicted molar refractivity (Wildman–Crippen MR) is 81.7 cm³/mol. The van der Waals surface area contributed by atoms with Gasteiger partial charge in [0.15, 0.2) is 0 Å². The molecule has 1 aromatic carbocycles. The summed E-state index contributed by atoms with van der Waals surface area (Å²) in [5.74, 6) is -0.300. The van der Waals surface area contributed by atoms with Gasteiger partial charge in [0.1, 0.15) is 0 Å². The van der Waals surface area contributed by atoms with Crippen LogP contribution in [0, 0.1) is 0 Å². The van der Waals surface area contributed by atoms with E-state index in [0.717, 1.165) is 19.4 Å². The minimum absolute atomic E-state index is 0.300. The zero-order valence-corrected chi connectivity index (χ0v) is 12.3. The highest BCUT2D eigenvalue weighted by atomic mass is 16.2. The molecule has 0 aromatic heterocycles. The lowest BCUT2D eigenvalue weighted by molar-refractivity contribution is -0.120. The van der Waals surface area contributed by atoms with Gasteiger partial charge in [-0.05, 0) is 31.4 Å². The van der Waals surface area contributed by atoms with Gasteiger partial charge >= 0.3 is 6.03 Å². The molecule has 5 heteroatoms. The number of carbonyl (C=O) groups is 2. The topological polar surface area (TPSA) is 75.4 Å². The highest BCUT2D eigenvalue weighted by Gasteiger charge is 2.23. The van der Waals surface area contributed by atoms with Crippen LogP contribution in [0.2, 0.25) is 0 Å². The molecule has 1 aromatic rings. The molecule has 1 saturated heterocycles. The summed E-state index contributed by atoms with van der Waals surface area (Å²) >= 11 is 0. The first-order valence-electron chi connectivity index (χ1n) is 7.52. The van der Waals surface area contributed by atoms with E-state index in [1.165, 1.54) is 18.4 Å². The first-order valence-corrected chi connectivity index (χ1v) is 7.52. The fourth-order valence-electron chi connectivity index (χ4n) is 2.92. The number of nitrogens with zero attached hydrogens (tertiary/aromatic N) is 1. The van der Waals surface area contributed by atoms with E-state index < -0.39 is 6.03 Å². The third kappa shape index (κ3) is 5.19. The summed E-state index contributed by atoms with van der Waals surface area (Å²) in [5.41, 5.74) is 6.28. The second-order valence-electron chi connectivity index (χ2n) is 5.54. The molecular weight excluding hydrogens is 266 g/mol. The van der Waals surface area contributed by atoms with E-state index in [-0.39, 0.29) is 5.91 Å². The molecule has 2 rings (SSSR count). The Morgan fingerprint density at radius 1 is 1.24 bits per heavy atom. The summed E-state index contributed by atoms with van der Waals surface area (Å²) < 4.78 is 0. The number of primary amides is 1. The molecule has 1 aliphatic rings. The number of amides is 3. The second-order valence-corrected chi connectivity index (χ2v) is 5.54. The number of benzene rings is 1. The molecule has 1 heterocycles. The largest absolute Gasteiger partial charge is 0.351 e. The molecule has 1 aliphatic heterocycles. The average molecular weight is 289 g/mol. The van der Waals surface area contributed by atoms with E-state index >= 15 is 0 Å². The minimum atomic E-state index is -0.778. The number of nitrogens with one attached hydrogen (secondary N) is 1. The van der Waals surface area contributed by atoms with Gasteiger partial charge in [0, 0.05) is 19.0 Å². The molecule has 114 valence electrons. The molecule has 0 saturated carbocycles. The summed E-state index contributed by atoms with van der Waals surface area (Å²) in [7, 11) is 0. The van der Waals surface area contributed by atoms with Gasteiger partial charge in [-0.1, -0.05) is 36.8 Å². The van der Waals surface area contributed by atoms with Gasteiger partial charge in [-0.15, -0.1) is 0 Å². The van der Waals surface area contributed by atoms with E-state index in [9.17, 15) is 9.59 Å². The number of carbonyl (C=O) groups excluding carboxylic acids is 2. The lowest BCUT2D eigenvalue weighted by Gasteiger charge is -2.35. The van der Waals surface area contributed by atoms with Crippen LogP contribution >= 0.6 is 0 Å². The Kier molecular flexibility index (Phi) is 5.75. The summed E-state index contributed by atoms with van der Waals surface area (Å²) in [5, 5.41) is 2.12. The van der Waals surface area contributed by atoms with Gasteiger partial charge in [0.2, 0.25) is 5.91 Å². The summed E-state index contributed by atoms with van der Waals surface area (Å²) in [4.78, 5) is 24.5. The molecule has 0 unspecified atom stereocenters. The van der Waals surface area contributed by atoms with Crippen molar-refractivity contribution in [1.82, 2.24) is 10.2 Å².